The van der Waals surface area contributed by atoms with Crippen LogP contribution in [0.2, 0.25) is 0 Å². The summed E-state index contributed by atoms with van der Waals surface area (Å²) in [5.41, 5.74) is -0.299. The van der Waals surface area contributed by atoms with Gasteiger partial charge in [-0.15, -0.1) is 0 Å². The van der Waals surface area contributed by atoms with Crippen LogP contribution in [0.5, 0.6) is 0 Å². The van der Waals surface area contributed by atoms with Crippen LogP contribution in [0.15, 0.2) is 0 Å². The molecule has 2 atom stereocenters. The van der Waals surface area contributed by atoms with Gasteiger partial charge in [-0.3, -0.25) is 9.69 Å². The van der Waals surface area contributed by atoms with Gasteiger partial charge in [0, 0.05) is 6.04 Å². The Balaban J connectivity index is 2.28. The summed E-state index contributed by atoms with van der Waals surface area (Å²) in [6.07, 6.45) is 6.23. The van der Waals surface area contributed by atoms with Crippen molar-refractivity contribution in [2.45, 2.75) is 70.9 Å². The third kappa shape index (κ3) is 1.88. The molecule has 0 aromatic rings. The molecule has 1 N–H and O–H groups in total. The van der Waals surface area contributed by atoms with Crippen LogP contribution in [0.1, 0.15) is 59.3 Å². The summed E-state index contributed by atoms with van der Waals surface area (Å²) < 4.78 is 0. The van der Waals surface area contributed by atoms with Crippen molar-refractivity contribution in [2.75, 3.05) is 6.54 Å². The van der Waals surface area contributed by atoms with E-state index in [1.807, 2.05) is 6.92 Å². The Labute approximate surface area is 104 Å². The first kappa shape index (κ1) is 12.9. The third-order valence-corrected chi connectivity index (χ3v) is 5.10. The Morgan fingerprint density at radius 1 is 1.35 bits per heavy atom. The molecule has 1 saturated heterocycles. The highest BCUT2D eigenvalue weighted by atomic mass is 16.4. The maximum atomic E-state index is 11.7. The third-order valence-electron chi connectivity index (χ3n) is 5.10. The molecule has 0 aromatic heterocycles. The van der Waals surface area contributed by atoms with Gasteiger partial charge in [0.2, 0.25) is 0 Å². The summed E-state index contributed by atoms with van der Waals surface area (Å²) in [4.78, 5) is 14.0. The van der Waals surface area contributed by atoms with Gasteiger partial charge in [0.25, 0.3) is 0 Å². The van der Waals surface area contributed by atoms with Crippen LogP contribution in [-0.2, 0) is 4.79 Å². The van der Waals surface area contributed by atoms with Crippen molar-refractivity contribution in [3.63, 3.8) is 0 Å². The second-order valence-corrected chi connectivity index (χ2v) is 6.38. The summed E-state index contributed by atoms with van der Waals surface area (Å²) >= 11 is 0. The summed E-state index contributed by atoms with van der Waals surface area (Å²) in [6.45, 7) is 7.58. The Hall–Kier alpha value is -0.570. The maximum Gasteiger partial charge on any atom is 0.324 e. The van der Waals surface area contributed by atoms with Gasteiger partial charge >= 0.3 is 5.97 Å². The van der Waals surface area contributed by atoms with E-state index in [-0.39, 0.29) is 5.41 Å². The fourth-order valence-electron chi connectivity index (χ4n) is 4.00. The zero-order valence-corrected chi connectivity index (χ0v) is 11.3. The van der Waals surface area contributed by atoms with E-state index < -0.39 is 11.5 Å². The Bertz CT molecular complexity index is 313. The number of carboxylic acid groups (broad SMARTS) is 1. The molecular formula is C14H25NO2. The molecule has 17 heavy (non-hydrogen) atoms. The molecule has 1 aliphatic carbocycles. The summed E-state index contributed by atoms with van der Waals surface area (Å²) in [5, 5.41) is 9.62. The van der Waals surface area contributed by atoms with E-state index in [1.165, 1.54) is 19.3 Å². The van der Waals surface area contributed by atoms with E-state index in [4.69, 9.17) is 0 Å². The van der Waals surface area contributed by atoms with Crippen LogP contribution in [-0.4, -0.2) is 34.1 Å². The number of likely N-dealkylation sites (tertiary alicyclic amines) is 1. The second-order valence-electron chi connectivity index (χ2n) is 6.38. The topological polar surface area (TPSA) is 40.5 Å². The summed E-state index contributed by atoms with van der Waals surface area (Å²) in [7, 11) is 0. The first-order valence-electron chi connectivity index (χ1n) is 6.94. The lowest BCUT2D eigenvalue weighted by Gasteiger charge is -2.43. The van der Waals surface area contributed by atoms with Crippen LogP contribution < -0.4 is 0 Å². The van der Waals surface area contributed by atoms with Gasteiger partial charge < -0.3 is 5.11 Å². The predicted octanol–water partition coefficient (Wildman–Crippen LogP) is 2.89. The molecule has 1 heterocycles. The number of rotatable bonds is 3. The lowest BCUT2D eigenvalue weighted by molar-refractivity contribution is -0.152. The molecule has 1 aliphatic heterocycles. The summed E-state index contributed by atoms with van der Waals surface area (Å²) in [5.74, 6) is -0.611. The highest BCUT2D eigenvalue weighted by Crippen LogP contribution is 2.46. The second kappa shape index (κ2) is 4.27. The molecule has 2 rings (SSSR count). The molecule has 0 aromatic carbocycles. The van der Waals surface area contributed by atoms with Crippen molar-refractivity contribution in [1.82, 2.24) is 4.90 Å². The first-order chi connectivity index (χ1) is 7.94. The standard InChI is InChI=1S/C14H25NO2/c1-4-14(12(16)17)9-6-10-15(14)11-7-5-8-13(11,2)3/h11H,4-10H2,1-3H3,(H,16,17). The lowest BCUT2D eigenvalue weighted by atomic mass is 9.83. The van der Waals surface area contributed by atoms with E-state index in [0.29, 0.717) is 6.04 Å². The van der Waals surface area contributed by atoms with Gasteiger partial charge in [-0.25, -0.2) is 0 Å². The molecule has 98 valence electrons. The normalized spacial score (nSPS) is 37.5. The van der Waals surface area contributed by atoms with Crippen molar-refractivity contribution in [2.24, 2.45) is 5.41 Å². The van der Waals surface area contributed by atoms with Gasteiger partial charge in [0.1, 0.15) is 5.54 Å². The smallest absolute Gasteiger partial charge is 0.324 e. The van der Waals surface area contributed by atoms with E-state index in [1.54, 1.807) is 0 Å². The maximum absolute atomic E-state index is 11.7. The van der Waals surface area contributed by atoms with Gasteiger partial charge in [0.05, 0.1) is 0 Å². The van der Waals surface area contributed by atoms with Crippen LogP contribution in [0.25, 0.3) is 0 Å². The monoisotopic (exact) mass is 239 g/mol. The fraction of sp³-hybridized carbons (Fsp3) is 0.929. The Morgan fingerprint density at radius 3 is 2.53 bits per heavy atom. The molecule has 2 aliphatic rings. The van der Waals surface area contributed by atoms with E-state index >= 15 is 0 Å². The molecule has 2 fully saturated rings. The predicted molar refractivity (Wildman–Crippen MR) is 68.0 cm³/mol. The highest BCUT2D eigenvalue weighted by Gasteiger charge is 2.52. The van der Waals surface area contributed by atoms with Gasteiger partial charge in [0.15, 0.2) is 0 Å². The lowest BCUT2D eigenvalue weighted by Crippen LogP contribution is -2.56. The number of nitrogens with zero attached hydrogens (tertiary/aromatic N) is 1. The molecule has 3 nitrogen and oxygen atoms in total. The largest absolute Gasteiger partial charge is 0.480 e. The first-order valence-corrected chi connectivity index (χ1v) is 6.94. The van der Waals surface area contributed by atoms with Crippen molar-refractivity contribution in [3.05, 3.63) is 0 Å². The molecule has 2 unspecified atom stereocenters. The number of aliphatic carboxylic acids is 1. The average molecular weight is 239 g/mol. The molecule has 0 spiro atoms. The molecule has 0 radical (unpaired) electrons. The van der Waals surface area contributed by atoms with Crippen LogP contribution >= 0.6 is 0 Å². The average Bonchev–Trinajstić information content (AvgIpc) is 2.80. The highest BCUT2D eigenvalue weighted by molar-refractivity contribution is 5.79. The van der Waals surface area contributed by atoms with Crippen molar-refractivity contribution >= 4 is 5.97 Å². The van der Waals surface area contributed by atoms with Crippen molar-refractivity contribution in [3.8, 4) is 0 Å². The number of carbonyl (C=O) groups is 1. The molecule has 3 heteroatoms. The van der Waals surface area contributed by atoms with Crippen LogP contribution in [0.3, 0.4) is 0 Å². The molecule has 1 saturated carbocycles. The van der Waals surface area contributed by atoms with Gasteiger partial charge in [-0.2, -0.15) is 0 Å². The molecule has 0 bridgehead atoms. The number of carboxylic acids is 1. The molecular weight excluding hydrogens is 214 g/mol. The molecule has 0 amide bonds. The van der Waals surface area contributed by atoms with Crippen LogP contribution in [0.4, 0.5) is 0 Å². The van der Waals surface area contributed by atoms with E-state index in [0.717, 1.165) is 25.8 Å². The van der Waals surface area contributed by atoms with Crippen molar-refractivity contribution < 1.29 is 9.90 Å². The van der Waals surface area contributed by atoms with Crippen molar-refractivity contribution in [1.29, 1.82) is 0 Å². The zero-order valence-electron chi connectivity index (χ0n) is 11.3. The van der Waals surface area contributed by atoms with E-state index in [9.17, 15) is 9.90 Å². The minimum atomic E-state index is -0.611. The summed E-state index contributed by atoms with van der Waals surface area (Å²) in [6, 6.07) is 0.459. The van der Waals surface area contributed by atoms with Gasteiger partial charge in [-0.1, -0.05) is 27.2 Å². The Kier molecular flexibility index (Phi) is 3.23. The van der Waals surface area contributed by atoms with E-state index in [2.05, 4.69) is 18.7 Å². The fourth-order valence-corrected chi connectivity index (χ4v) is 4.00. The quantitative estimate of drug-likeness (QED) is 0.823. The zero-order chi connectivity index (χ0) is 12.7. The SMILES string of the molecule is CCC1(C(=O)O)CCCN1C1CCCC1(C)C. The van der Waals surface area contributed by atoms with Gasteiger partial charge in [-0.05, 0) is 44.1 Å². The minimum Gasteiger partial charge on any atom is -0.480 e. The van der Waals surface area contributed by atoms with Crippen LogP contribution in [0, 0.1) is 5.41 Å². The Morgan fingerprint density at radius 2 is 2.06 bits per heavy atom. The minimum absolute atomic E-state index is 0.278. The number of hydrogen-bond acceptors (Lipinski definition) is 2. The number of hydrogen-bond donors (Lipinski definition) is 1.